The van der Waals surface area contributed by atoms with Gasteiger partial charge in [-0.15, -0.1) is 0 Å². The molecule has 148 valence electrons. The molecule has 0 bridgehead atoms. The fourth-order valence-corrected chi connectivity index (χ4v) is 2.44. The highest BCUT2D eigenvalue weighted by Gasteiger charge is 2.15. The number of unbranched alkanes of at least 4 members (excludes halogenated alkanes) is 1. The maximum absolute atomic E-state index is 13.3. The van der Waals surface area contributed by atoms with Crippen molar-refractivity contribution in [3.8, 4) is 5.75 Å². The van der Waals surface area contributed by atoms with Gasteiger partial charge in [-0.2, -0.15) is 0 Å². The highest BCUT2D eigenvalue weighted by molar-refractivity contribution is 6.00. The number of nitrogens with two attached hydrogens (primary N) is 1. The van der Waals surface area contributed by atoms with E-state index in [0.717, 1.165) is 12.4 Å². The number of nitrogens with one attached hydrogen (secondary N) is 2. The Morgan fingerprint density at radius 3 is 2.79 bits per heavy atom. The van der Waals surface area contributed by atoms with Crippen molar-refractivity contribution >= 4 is 24.0 Å². The summed E-state index contributed by atoms with van der Waals surface area (Å²) in [4.78, 5) is 17.2. The van der Waals surface area contributed by atoms with E-state index in [2.05, 4.69) is 9.72 Å². The second kappa shape index (κ2) is 10.0. The predicted molar refractivity (Wildman–Crippen MR) is 103 cm³/mol. The molecule has 8 nitrogen and oxygen atoms in total. The zero-order valence-corrected chi connectivity index (χ0v) is 15.4. The SMILES string of the molecule is COC(=O)c1cc(F)ccc1OCCCCN(C=N)C(=N)c1cccc(N)n1. The molecule has 1 aromatic carbocycles. The van der Waals surface area contributed by atoms with Crippen LogP contribution in [0.4, 0.5) is 10.2 Å². The molecular formula is C19H22FN5O3. The first kappa shape index (κ1) is 20.8. The lowest BCUT2D eigenvalue weighted by atomic mass is 10.2. The van der Waals surface area contributed by atoms with Gasteiger partial charge in [0.25, 0.3) is 0 Å². The largest absolute Gasteiger partial charge is 0.493 e. The number of esters is 1. The summed E-state index contributed by atoms with van der Waals surface area (Å²) >= 11 is 0. The van der Waals surface area contributed by atoms with Gasteiger partial charge in [-0.3, -0.25) is 10.8 Å². The number of aromatic nitrogens is 1. The maximum atomic E-state index is 13.3. The molecule has 2 aromatic rings. The van der Waals surface area contributed by atoms with Gasteiger partial charge < -0.3 is 20.1 Å². The first-order valence-corrected chi connectivity index (χ1v) is 8.55. The van der Waals surface area contributed by atoms with Crippen LogP contribution in [-0.4, -0.2) is 48.3 Å². The fraction of sp³-hybridized carbons (Fsp3) is 0.263. The number of methoxy groups -OCH3 is 1. The van der Waals surface area contributed by atoms with Gasteiger partial charge in [-0.25, -0.2) is 14.2 Å². The van der Waals surface area contributed by atoms with E-state index in [1.54, 1.807) is 18.2 Å². The maximum Gasteiger partial charge on any atom is 0.341 e. The minimum atomic E-state index is -0.674. The van der Waals surface area contributed by atoms with Gasteiger partial charge in [0, 0.05) is 6.54 Å². The smallest absolute Gasteiger partial charge is 0.341 e. The Balaban J connectivity index is 1.86. The van der Waals surface area contributed by atoms with Crippen molar-refractivity contribution in [2.75, 3.05) is 26.0 Å². The minimum absolute atomic E-state index is 0.0261. The van der Waals surface area contributed by atoms with Crippen molar-refractivity contribution in [1.29, 1.82) is 10.8 Å². The summed E-state index contributed by atoms with van der Waals surface area (Å²) in [6.45, 7) is 0.695. The standard InChI is InChI=1S/C19H22FN5O3/c1-27-19(26)14-11-13(20)7-8-16(14)28-10-3-2-9-25(12-21)18(23)15-5-4-6-17(22)24-15/h4-8,11-12,21,23H,2-3,9-10H2,1H3,(H2,22,24). The zero-order chi connectivity index (χ0) is 20.5. The van der Waals surface area contributed by atoms with Crippen molar-refractivity contribution in [1.82, 2.24) is 9.88 Å². The first-order valence-electron chi connectivity index (χ1n) is 8.55. The van der Waals surface area contributed by atoms with E-state index in [1.807, 2.05) is 0 Å². The summed E-state index contributed by atoms with van der Waals surface area (Å²) in [5.74, 6) is -0.597. The van der Waals surface area contributed by atoms with Crippen molar-refractivity contribution in [3.63, 3.8) is 0 Å². The molecule has 9 heteroatoms. The second-order valence-electron chi connectivity index (χ2n) is 5.81. The van der Waals surface area contributed by atoms with Crippen LogP contribution in [-0.2, 0) is 4.74 Å². The van der Waals surface area contributed by atoms with Gasteiger partial charge in [-0.05, 0) is 43.2 Å². The monoisotopic (exact) mass is 387 g/mol. The molecule has 0 atom stereocenters. The van der Waals surface area contributed by atoms with Gasteiger partial charge in [0.1, 0.15) is 28.6 Å². The van der Waals surface area contributed by atoms with E-state index in [0.29, 0.717) is 30.9 Å². The van der Waals surface area contributed by atoms with E-state index in [4.69, 9.17) is 21.3 Å². The Hall–Kier alpha value is -3.49. The average molecular weight is 387 g/mol. The number of hydrogen-bond acceptors (Lipinski definition) is 7. The van der Waals surface area contributed by atoms with Gasteiger partial charge in [0.05, 0.1) is 20.1 Å². The number of ether oxygens (including phenoxy) is 2. The second-order valence-corrected chi connectivity index (χ2v) is 5.81. The van der Waals surface area contributed by atoms with Gasteiger partial charge >= 0.3 is 5.97 Å². The molecule has 0 aliphatic rings. The summed E-state index contributed by atoms with van der Waals surface area (Å²) in [6, 6.07) is 8.63. The molecule has 0 amide bonds. The molecule has 0 aliphatic heterocycles. The Bertz CT molecular complexity index is 859. The summed E-state index contributed by atoms with van der Waals surface area (Å²) < 4.78 is 23.5. The molecular weight excluding hydrogens is 365 g/mol. The van der Waals surface area contributed by atoms with Gasteiger partial charge in [0.15, 0.2) is 5.84 Å². The number of nitrogens with zero attached hydrogens (tertiary/aromatic N) is 2. The molecule has 0 spiro atoms. The molecule has 0 unspecified atom stereocenters. The van der Waals surface area contributed by atoms with Crippen LogP contribution in [0.1, 0.15) is 28.9 Å². The molecule has 4 N–H and O–H groups in total. The lowest BCUT2D eigenvalue weighted by molar-refractivity contribution is 0.0595. The molecule has 2 rings (SSSR count). The number of carbonyl (C=O) groups is 1. The summed E-state index contributed by atoms with van der Waals surface area (Å²) in [6.07, 6.45) is 2.28. The molecule has 0 radical (unpaired) electrons. The van der Waals surface area contributed by atoms with Crippen LogP contribution in [0.25, 0.3) is 0 Å². The predicted octanol–water partition coefficient (Wildman–Crippen LogP) is 2.68. The van der Waals surface area contributed by atoms with E-state index in [9.17, 15) is 9.18 Å². The Morgan fingerprint density at radius 1 is 1.32 bits per heavy atom. The Labute approximate surface area is 162 Å². The minimum Gasteiger partial charge on any atom is -0.493 e. The molecule has 0 saturated carbocycles. The Morgan fingerprint density at radius 2 is 2.11 bits per heavy atom. The van der Waals surface area contributed by atoms with Crippen molar-refractivity contribution in [2.45, 2.75) is 12.8 Å². The number of benzene rings is 1. The molecule has 1 aromatic heterocycles. The number of amidine groups is 1. The third-order valence-corrected chi connectivity index (χ3v) is 3.85. The summed E-state index contributed by atoms with van der Waals surface area (Å²) in [5.41, 5.74) is 6.04. The summed E-state index contributed by atoms with van der Waals surface area (Å²) in [7, 11) is 1.22. The third-order valence-electron chi connectivity index (χ3n) is 3.85. The lowest BCUT2D eigenvalue weighted by Crippen LogP contribution is -2.31. The lowest BCUT2D eigenvalue weighted by Gasteiger charge is -2.19. The number of pyridine rings is 1. The molecule has 0 saturated heterocycles. The van der Waals surface area contributed by atoms with E-state index in [1.165, 1.54) is 24.1 Å². The van der Waals surface area contributed by atoms with Crippen LogP contribution in [0.2, 0.25) is 0 Å². The van der Waals surface area contributed by atoms with E-state index >= 15 is 0 Å². The van der Waals surface area contributed by atoms with Crippen LogP contribution in [0.5, 0.6) is 5.75 Å². The number of rotatable bonds is 9. The van der Waals surface area contributed by atoms with Crippen molar-refractivity contribution in [2.24, 2.45) is 0 Å². The van der Waals surface area contributed by atoms with Crippen molar-refractivity contribution in [3.05, 3.63) is 53.5 Å². The van der Waals surface area contributed by atoms with Gasteiger partial charge in [0.2, 0.25) is 0 Å². The highest BCUT2D eigenvalue weighted by atomic mass is 19.1. The number of carbonyl (C=O) groups excluding carboxylic acids is 1. The third kappa shape index (κ3) is 5.50. The topological polar surface area (TPSA) is 125 Å². The van der Waals surface area contributed by atoms with Crippen molar-refractivity contribution < 1.29 is 18.7 Å². The molecule has 0 aliphatic carbocycles. The van der Waals surface area contributed by atoms with Crippen LogP contribution >= 0.6 is 0 Å². The normalized spacial score (nSPS) is 10.2. The number of hydrogen-bond donors (Lipinski definition) is 3. The molecule has 28 heavy (non-hydrogen) atoms. The molecule has 0 fully saturated rings. The van der Waals surface area contributed by atoms with Crippen LogP contribution in [0, 0.1) is 16.6 Å². The quantitative estimate of drug-likeness (QED) is 0.263. The number of halogens is 1. The molecule has 1 heterocycles. The van der Waals surface area contributed by atoms with E-state index in [-0.39, 0.29) is 23.8 Å². The van der Waals surface area contributed by atoms with Crippen LogP contribution in [0.3, 0.4) is 0 Å². The zero-order valence-electron chi connectivity index (χ0n) is 15.4. The highest BCUT2D eigenvalue weighted by Crippen LogP contribution is 2.21. The van der Waals surface area contributed by atoms with Gasteiger partial charge in [-0.1, -0.05) is 6.07 Å². The average Bonchev–Trinajstić information content (AvgIpc) is 2.70. The number of nitrogen functional groups attached to an aromatic ring is 1. The van der Waals surface area contributed by atoms with Crippen LogP contribution < -0.4 is 10.5 Å². The van der Waals surface area contributed by atoms with E-state index < -0.39 is 11.8 Å². The summed E-state index contributed by atoms with van der Waals surface area (Å²) in [5, 5.41) is 15.7. The Kier molecular flexibility index (Phi) is 7.44. The first-order chi connectivity index (χ1) is 13.5. The fourth-order valence-electron chi connectivity index (χ4n) is 2.44. The van der Waals surface area contributed by atoms with Crippen LogP contribution in [0.15, 0.2) is 36.4 Å². The number of anilines is 1.